The van der Waals surface area contributed by atoms with Crippen molar-refractivity contribution in [2.75, 3.05) is 43.1 Å². The van der Waals surface area contributed by atoms with Gasteiger partial charge in [0.05, 0.1) is 29.5 Å². The van der Waals surface area contributed by atoms with Crippen molar-refractivity contribution < 1.29 is 17.9 Å². The highest BCUT2D eigenvalue weighted by molar-refractivity contribution is 7.80. The molecule has 1 amide bonds. The fourth-order valence-corrected chi connectivity index (χ4v) is 3.48. The van der Waals surface area contributed by atoms with Gasteiger partial charge in [-0.25, -0.2) is 4.21 Å². The Morgan fingerprint density at radius 3 is 2.65 bits per heavy atom. The summed E-state index contributed by atoms with van der Waals surface area (Å²) in [5.74, 6) is -0.397. The fraction of sp³-hybridized carbons (Fsp3) is 0.278. The summed E-state index contributed by atoms with van der Waals surface area (Å²) in [7, 11) is 0. The molecule has 2 aromatic rings. The average Bonchev–Trinajstić information content (AvgIpc) is 2.67. The Labute approximate surface area is 159 Å². The molecule has 2 aromatic carbocycles. The van der Waals surface area contributed by atoms with Gasteiger partial charge in [-0.3, -0.25) is 8.98 Å². The molecule has 1 saturated heterocycles. The van der Waals surface area contributed by atoms with E-state index in [9.17, 15) is 9.00 Å². The lowest BCUT2D eigenvalue weighted by Crippen LogP contribution is -2.36. The Morgan fingerprint density at radius 1 is 1.19 bits per heavy atom. The normalized spacial score (nSPS) is 15.5. The van der Waals surface area contributed by atoms with E-state index in [1.807, 2.05) is 12.1 Å². The van der Waals surface area contributed by atoms with Gasteiger partial charge in [-0.05, 0) is 30.3 Å². The number of nitrogens with one attached hydrogen (secondary N) is 1. The maximum Gasteiger partial charge on any atom is 0.251 e. The van der Waals surface area contributed by atoms with Crippen molar-refractivity contribution in [2.24, 2.45) is 0 Å². The van der Waals surface area contributed by atoms with Crippen LogP contribution < -0.4 is 10.2 Å². The molecule has 1 atom stereocenters. The van der Waals surface area contributed by atoms with Gasteiger partial charge in [0.25, 0.3) is 5.91 Å². The molecule has 1 aliphatic rings. The molecular formula is C18H19ClN2O4S. The summed E-state index contributed by atoms with van der Waals surface area (Å²) >= 11 is 4.38. The molecule has 138 valence electrons. The predicted octanol–water partition coefficient (Wildman–Crippen LogP) is 2.85. The molecule has 0 aromatic heterocycles. The molecule has 0 aliphatic carbocycles. The van der Waals surface area contributed by atoms with E-state index in [0.717, 1.165) is 18.8 Å². The number of rotatable bonds is 6. The molecule has 0 spiro atoms. The number of ether oxygens (including phenoxy) is 1. The monoisotopic (exact) mass is 394 g/mol. The second-order valence-electron chi connectivity index (χ2n) is 5.62. The molecular weight excluding hydrogens is 376 g/mol. The number of benzene rings is 2. The minimum absolute atomic E-state index is 0.323. The van der Waals surface area contributed by atoms with Crippen LogP contribution in [0.25, 0.3) is 0 Å². The molecule has 1 heterocycles. The van der Waals surface area contributed by atoms with Crippen molar-refractivity contribution in [3.8, 4) is 0 Å². The number of carbonyl (C=O) groups excluding carboxylic acids is 1. The summed E-state index contributed by atoms with van der Waals surface area (Å²) in [4.78, 5) is 14.9. The fourth-order valence-electron chi connectivity index (χ4n) is 2.58. The van der Waals surface area contributed by atoms with Gasteiger partial charge in [0.1, 0.15) is 6.61 Å². The average molecular weight is 395 g/mol. The van der Waals surface area contributed by atoms with Crippen LogP contribution in [-0.2, 0) is 24.8 Å². The number of nitrogens with zero attached hydrogens (tertiary/aromatic N) is 1. The van der Waals surface area contributed by atoms with E-state index in [-0.39, 0.29) is 6.61 Å². The quantitative estimate of drug-likeness (QED) is 0.816. The smallest absolute Gasteiger partial charge is 0.251 e. The predicted molar refractivity (Wildman–Crippen MR) is 102 cm³/mol. The van der Waals surface area contributed by atoms with Gasteiger partial charge in [0.15, 0.2) is 11.1 Å². The van der Waals surface area contributed by atoms with E-state index in [2.05, 4.69) is 10.2 Å². The molecule has 1 fully saturated rings. The number of hydrogen-bond donors (Lipinski definition) is 1. The van der Waals surface area contributed by atoms with Gasteiger partial charge in [-0.15, -0.1) is 0 Å². The molecule has 0 unspecified atom stereocenters. The van der Waals surface area contributed by atoms with Crippen molar-refractivity contribution in [2.45, 2.75) is 4.90 Å². The first-order valence-corrected chi connectivity index (χ1v) is 9.61. The number of amides is 1. The summed E-state index contributed by atoms with van der Waals surface area (Å²) in [6.45, 7) is 2.42. The topological polar surface area (TPSA) is 67.9 Å². The van der Waals surface area contributed by atoms with E-state index in [0.29, 0.717) is 28.8 Å². The van der Waals surface area contributed by atoms with Crippen LogP contribution in [0.2, 0.25) is 5.02 Å². The lowest BCUT2D eigenvalue weighted by Gasteiger charge is -2.30. The Bertz CT molecular complexity index is 782. The Morgan fingerprint density at radius 2 is 1.92 bits per heavy atom. The molecule has 0 bridgehead atoms. The van der Waals surface area contributed by atoms with E-state index in [4.69, 9.17) is 20.5 Å². The van der Waals surface area contributed by atoms with Gasteiger partial charge in [-0.2, -0.15) is 0 Å². The van der Waals surface area contributed by atoms with Crippen LogP contribution in [0.4, 0.5) is 11.4 Å². The molecule has 1 aliphatic heterocycles. The van der Waals surface area contributed by atoms with Crippen LogP contribution in [0.1, 0.15) is 0 Å². The number of halogens is 1. The maximum absolute atomic E-state index is 12.2. The summed E-state index contributed by atoms with van der Waals surface area (Å²) in [5.41, 5.74) is 1.47. The number of carbonyl (C=O) groups is 1. The van der Waals surface area contributed by atoms with E-state index in [1.165, 1.54) is 0 Å². The SMILES string of the molecule is O=C(CO[S@](=O)c1ccccc1)Nc1cc(Cl)ccc1N1CCOCC1. The number of hydrogen-bond acceptors (Lipinski definition) is 5. The first kappa shape index (κ1) is 18.8. The lowest BCUT2D eigenvalue weighted by atomic mass is 10.2. The summed E-state index contributed by atoms with van der Waals surface area (Å²) in [6, 6.07) is 14.0. The third kappa shape index (κ3) is 5.04. The molecule has 6 nitrogen and oxygen atoms in total. The van der Waals surface area contributed by atoms with Gasteiger partial charge in [0, 0.05) is 18.1 Å². The molecule has 0 saturated carbocycles. The van der Waals surface area contributed by atoms with Crippen molar-refractivity contribution >= 4 is 40.0 Å². The highest BCUT2D eigenvalue weighted by atomic mass is 35.5. The van der Waals surface area contributed by atoms with Crippen LogP contribution in [0.15, 0.2) is 53.4 Å². The van der Waals surface area contributed by atoms with Crippen molar-refractivity contribution in [1.29, 1.82) is 0 Å². The number of anilines is 2. The first-order chi connectivity index (χ1) is 12.6. The van der Waals surface area contributed by atoms with Gasteiger partial charge in [-0.1, -0.05) is 29.8 Å². The third-order valence-electron chi connectivity index (χ3n) is 3.82. The third-order valence-corrected chi connectivity index (χ3v) is 5.04. The van der Waals surface area contributed by atoms with Crippen LogP contribution in [0.5, 0.6) is 0 Å². The molecule has 26 heavy (non-hydrogen) atoms. The van der Waals surface area contributed by atoms with Crippen LogP contribution in [-0.4, -0.2) is 43.0 Å². The standard InChI is InChI=1S/C18H19ClN2O4S/c19-14-6-7-17(21-8-10-24-11-9-21)16(12-14)20-18(22)13-25-26(23)15-4-2-1-3-5-15/h1-7,12H,8-11,13H2,(H,20,22)/t26-/m0/s1. The van der Waals surface area contributed by atoms with Crippen molar-refractivity contribution in [3.05, 3.63) is 53.6 Å². The zero-order chi connectivity index (χ0) is 18.4. The Kier molecular flexibility index (Phi) is 6.62. The van der Waals surface area contributed by atoms with Crippen molar-refractivity contribution in [3.63, 3.8) is 0 Å². The van der Waals surface area contributed by atoms with Gasteiger partial charge >= 0.3 is 0 Å². The van der Waals surface area contributed by atoms with Gasteiger partial charge in [0.2, 0.25) is 0 Å². The zero-order valence-corrected chi connectivity index (χ0v) is 15.6. The first-order valence-electron chi connectivity index (χ1n) is 8.15. The minimum Gasteiger partial charge on any atom is -0.378 e. The molecule has 1 N–H and O–H groups in total. The number of morpholine rings is 1. The second-order valence-corrected chi connectivity index (χ2v) is 7.23. The van der Waals surface area contributed by atoms with Gasteiger partial charge < -0.3 is 15.0 Å². The minimum atomic E-state index is -1.69. The molecule has 0 radical (unpaired) electrons. The highest BCUT2D eigenvalue weighted by Gasteiger charge is 2.17. The largest absolute Gasteiger partial charge is 0.378 e. The molecule has 8 heteroatoms. The van der Waals surface area contributed by atoms with Crippen LogP contribution >= 0.6 is 11.6 Å². The lowest BCUT2D eigenvalue weighted by molar-refractivity contribution is -0.117. The zero-order valence-electron chi connectivity index (χ0n) is 14.0. The summed E-state index contributed by atoms with van der Waals surface area (Å²) < 4.78 is 22.6. The molecule has 3 rings (SSSR count). The van der Waals surface area contributed by atoms with Crippen LogP contribution in [0, 0.1) is 0 Å². The maximum atomic E-state index is 12.2. The Balaban J connectivity index is 1.63. The van der Waals surface area contributed by atoms with E-state index < -0.39 is 17.0 Å². The second kappa shape index (κ2) is 9.14. The van der Waals surface area contributed by atoms with E-state index in [1.54, 1.807) is 36.4 Å². The highest BCUT2D eigenvalue weighted by Crippen LogP contribution is 2.29. The Hall–Kier alpha value is -1.93. The van der Waals surface area contributed by atoms with Crippen LogP contribution in [0.3, 0.4) is 0 Å². The van der Waals surface area contributed by atoms with E-state index >= 15 is 0 Å². The summed E-state index contributed by atoms with van der Waals surface area (Å²) in [6.07, 6.45) is 0. The van der Waals surface area contributed by atoms with Crippen molar-refractivity contribution in [1.82, 2.24) is 0 Å². The summed E-state index contributed by atoms with van der Waals surface area (Å²) in [5, 5.41) is 3.31.